The molecule has 0 aliphatic rings. The fourth-order valence-electron chi connectivity index (χ4n) is 3.37. The van der Waals surface area contributed by atoms with Gasteiger partial charge in [0.1, 0.15) is 0 Å². The van der Waals surface area contributed by atoms with Gasteiger partial charge in [-0.3, -0.25) is 0 Å². The lowest BCUT2D eigenvalue weighted by atomic mass is 9.88. The number of rotatable bonds is 3. The third-order valence-electron chi connectivity index (χ3n) is 4.71. The Bertz CT molecular complexity index is 1150. The Morgan fingerprint density at radius 2 is 1.14 bits per heavy atom. The largest absolute Gasteiger partial charge is 0.115 e. The van der Waals surface area contributed by atoms with Crippen molar-refractivity contribution in [3.63, 3.8) is 0 Å². The lowest BCUT2D eigenvalue weighted by molar-refractivity contribution is 1.51. The first kappa shape index (κ1) is 18.7. The van der Waals surface area contributed by atoms with Crippen LogP contribution in [0.5, 0.6) is 0 Å². The summed E-state index contributed by atoms with van der Waals surface area (Å²) in [7, 11) is 0. The van der Waals surface area contributed by atoms with Crippen LogP contribution in [0.15, 0.2) is 99.9 Å². The topological polar surface area (TPSA) is 0 Å². The third-order valence-corrected chi connectivity index (χ3v) is 6.06. The molecule has 0 N–H and O–H groups in total. The molecule has 134 valence electrons. The first-order valence-electron chi connectivity index (χ1n) is 8.89. The highest BCUT2D eigenvalue weighted by Crippen LogP contribution is 2.43. The van der Waals surface area contributed by atoms with Crippen LogP contribution in [0, 0.1) is 12.3 Å². The molecule has 0 saturated heterocycles. The third kappa shape index (κ3) is 3.56. The van der Waals surface area contributed by atoms with E-state index in [0.717, 1.165) is 47.9 Å². The van der Waals surface area contributed by atoms with Crippen LogP contribution in [0.3, 0.4) is 0 Å². The zero-order valence-electron chi connectivity index (χ0n) is 15.0. The molecule has 4 aromatic rings. The minimum absolute atomic E-state index is 0.889. The van der Waals surface area contributed by atoms with Crippen molar-refractivity contribution in [1.29, 1.82) is 0 Å². The van der Waals surface area contributed by atoms with Gasteiger partial charge in [0, 0.05) is 20.1 Å². The van der Waals surface area contributed by atoms with Gasteiger partial charge in [-0.2, -0.15) is 0 Å². The summed E-state index contributed by atoms with van der Waals surface area (Å²) in [6, 6.07) is 31.1. The summed E-state index contributed by atoms with van der Waals surface area (Å²) < 4.78 is 2.06. The molecule has 0 radical (unpaired) electrons. The van der Waals surface area contributed by atoms with Crippen molar-refractivity contribution in [1.82, 2.24) is 0 Å². The number of hydrogen-bond acceptors (Lipinski definition) is 0. The van der Waals surface area contributed by atoms with Crippen molar-refractivity contribution in [2.75, 3.05) is 0 Å². The van der Waals surface area contributed by atoms with Gasteiger partial charge in [-0.25, -0.2) is 0 Å². The average Bonchev–Trinajstić information content (AvgIpc) is 2.75. The predicted molar refractivity (Wildman–Crippen MR) is 126 cm³/mol. The minimum Gasteiger partial charge on any atom is -0.115 e. The van der Waals surface area contributed by atoms with Gasteiger partial charge in [-0.05, 0) is 61.9 Å². The second-order valence-electron chi connectivity index (χ2n) is 6.42. The number of halogens is 2. The summed E-state index contributed by atoms with van der Waals surface area (Å²) in [4.78, 5) is 0. The molecule has 0 amide bonds. The highest BCUT2D eigenvalue weighted by Gasteiger charge is 2.19. The smallest absolute Gasteiger partial charge is 0.0411 e. The molecular weight excluding hydrogens is 472 g/mol. The molecule has 28 heavy (non-hydrogen) atoms. The Labute approximate surface area is 182 Å². The Kier molecular flexibility index (Phi) is 5.48. The Hall–Kier alpha value is -2.60. The second-order valence-corrected chi connectivity index (χ2v) is 8.13. The van der Waals surface area contributed by atoms with Crippen LogP contribution in [0.25, 0.3) is 33.4 Å². The van der Waals surface area contributed by atoms with Gasteiger partial charge < -0.3 is 0 Å². The van der Waals surface area contributed by atoms with Crippen molar-refractivity contribution in [2.24, 2.45) is 0 Å². The van der Waals surface area contributed by atoms with E-state index in [0.29, 0.717) is 0 Å². The van der Waals surface area contributed by atoms with E-state index in [4.69, 9.17) is 6.42 Å². The molecule has 0 unspecified atom stereocenters. The quantitative estimate of drug-likeness (QED) is 0.255. The van der Waals surface area contributed by atoms with Gasteiger partial charge in [0.05, 0.1) is 0 Å². The SMILES string of the molecule is C#Cc1c(-c2ccc(Br)cc2)cc(-c2ccccc2)c(Br)c1-c1ccccc1. The maximum Gasteiger partial charge on any atom is 0.0411 e. The molecule has 0 fully saturated rings. The first-order chi connectivity index (χ1) is 13.7. The normalized spacial score (nSPS) is 10.5. The number of benzene rings is 4. The second kappa shape index (κ2) is 8.19. The van der Waals surface area contributed by atoms with E-state index in [2.05, 4.69) is 92.4 Å². The fraction of sp³-hybridized carbons (Fsp3) is 0. The minimum atomic E-state index is 0.889. The molecular formula is C26H16Br2. The summed E-state index contributed by atoms with van der Waals surface area (Å²) in [5.41, 5.74) is 7.44. The molecule has 2 heteroatoms. The molecule has 0 nitrogen and oxygen atoms in total. The Balaban J connectivity index is 2.09. The molecule has 0 atom stereocenters. The van der Waals surface area contributed by atoms with Gasteiger partial charge in [0.25, 0.3) is 0 Å². The summed E-state index contributed by atoms with van der Waals surface area (Å²) in [5, 5.41) is 0. The first-order valence-corrected chi connectivity index (χ1v) is 10.5. The molecule has 0 aliphatic heterocycles. The van der Waals surface area contributed by atoms with Gasteiger partial charge in [-0.15, -0.1) is 6.42 Å². The summed E-state index contributed by atoms with van der Waals surface area (Å²) >= 11 is 7.38. The van der Waals surface area contributed by atoms with E-state index in [1.165, 1.54) is 0 Å². The van der Waals surface area contributed by atoms with E-state index in [-0.39, 0.29) is 0 Å². The summed E-state index contributed by atoms with van der Waals surface area (Å²) in [6.07, 6.45) is 6.03. The molecule has 4 aromatic carbocycles. The lowest BCUT2D eigenvalue weighted by Crippen LogP contribution is -1.95. The van der Waals surface area contributed by atoms with Crippen LogP contribution in [-0.2, 0) is 0 Å². The zero-order valence-corrected chi connectivity index (χ0v) is 18.2. The van der Waals surface area contributed by atoms with E-state index in [9.17, 15) is 0 Å². The molecule has 4 rings (SSSR count). The van der Waals surface area contributed by atoms with E-state index in [1.54, 1.807) is 0 Å². The van der Waals surface area contributed by atoms with Crippen molar-refractivity contribution in [3.05, 3.63) is 106 Å². The maximum absolute atomic E-state index is 6.03. The van der Waals surface area contributed by atoms with Crippen LogP contribution in [-0.4, -0.2) is 0 Å². The van der Waals surface area contributed by atoms with Crippen molar-refractivity contribution in [3.8, 4) is 45.7 Å². The molecule has 0 aromatic heterocycles. The highest BCUT2D eigenvalue weighted by molar-refractivity contribution is 9.11. The Morgan fingerprint density at radius 3 is 1.71 bits per heavy atom. The molecule has 0 saturated carbocycles. The predicted octanol–water partition coefficient (Wildman–Crippen LogP) is 8.19. The van der Waals surface area contributed by atoms with E-state index in [1.807, 2.05) is 36.4 Å². The van der Waals surface area contributed by atoms with Gasteiger partial charge >= 0.3 is 0 Å². The lowest BCUT2D eigenvalue weighted by Gasteiger charge is -2.18. The Morgan fingerprint density at radius 1 is 0.607 bits per heavy atom. The average molecular weight is 488 g/mol. The molecule has 0 bridgehead atoms. The van der Waals surface area contributed by atoms with Crippen molar-refractivity contribution >= 4 is 31.9 Å². The van der Waals surface area contributed by atoms with Crippen LogP contribution in [0.1, 0.15) is 5.56 Å². The highest BCUT2D eigenvalue weighted by atomic mass is 79.9. The van der Waals surface area contributed by atoms with Gasteiger partial charge in [-0.1, -0.05) is 94.6 Å². The molecule has 0 spiro atoms. The van der Waals surface area contributed by atoms with Gasteiger partial charge in [0.2, 0.25) is 0 Å². The van der Waals surface area contributed by atoms with Crippen molar-refractivity contribution in [2.45, 2.75) is 0 Å². The van der Waals surface area contributed by atoms with E-state index < -0.39 is 0 Å². The van der Waals surface area contributed by atoms with Crippen LogP contribution in [0.2, 0.25) is 0 Å². The molecule has 0 aliphatic carbocycles. The van der Waals surface area contributed by atoms with Gasteiger partial charge in [0.15, 0.2) is 0 Å². The summed E-state index contributed by atoms with van der Waals surface area (Å²) in [5.74, 6) is 2.95. The standard InChI is InChI=1S/C26H16Br2/c1-2-22-23(19-13-15-21(27)16-14-19)17-24(18-9-5-3-6-10-18)26(28)25(22)20-11-7-4-8-12-20/h1,3-17H. The zero-order chi connectivity index (χ0) is 19.5. The number of hydrogen-bond donors (Lipinski definition) is 0. The monoisotopic (exact) mass is 486 g/mol. The van der Waals surface area contributed by atoms with E-state index >= 15 is 0 Å². The molecule has 0 heterocycles. The van der Waals surface area contributed by atoms with Crippen molar-refractivity contribution < 1.29 is 0 Å². The van der Waals surface area contributed by atoms with Crippen LogP contribution in [0.4, 0.5) is 0 Å². The van der Waals surface area contributed by atoms with Crippen LogP contribution < -0.4 is 0 Å². The maximum atomic E-state index is 6.03. The van der Waals surface area contributed by atoms with Crippen LogP contribution >= 0.6 is 31.9 Å². The number of terminal acetylenes is 1. The summed E-state index contributed by atoms with van der Waals surface area (Å²) in [6.45, 7) is 0. The fourth-order valence-corrected chi connectivity index (χ4v) is 4.40.